The number of likely N-dealkylation sites (tertiary alicyclic amines) is 1. The summed E-state index contributed by atoms with van der Waals surface area (Å²) in [6.07, 6.45) is 4.38. The van der Waals surface area contributed by atoms with Gasteiger partial charge in [0.1, 0.15) is 0 Å². The molecule has 132 valence electrons. The standard InChI is InChI=1S/C18H20ClN3O3/c19-15-2-1-3-16(6-15)22-9-13(7-20-22)8-21-10-14-11-25-5-4-18(14,12-21)17(23)24/h1-3,6-7,9,14H,4-5,8,10-12H2,(H,23,24)/t14-,18+/m1/s1. The first kappa shape index (κ1) is 16.6. The van der Waals surface area contributed by atoms with Crippen molar-refractivity contribution < 1.29 is 14.6 Å². The van der Waals surface area contributed by atoms with E-state index in [1.54, 1.807) is 4.68 Å². The summed E-state index contributed by atoms with van der Waals surface area (Å²) in [7, 11) is 0. The molecule has 7 heteroatoms. The second kappa shape index (κ2) is 6.44. The van der Waals surface area contributed by atoms with Gasteiger partial charge < -0.3 is 9.84 Å². The number of halogens is 1. The van der Waals surface area contributed by atoms with Gasteiger partial charge in [0, 0.05) is 48.9 Å². The van der Waals surface area contributed by atoms with E-state index in [0.29, 0.717) is 37.7 Å². The number of aliphatic carboxylic acids is 1. The molecule has 25 heavy (non-hydrogen) atoms. The Labute approximate surface area is 151 Å². The number of hydrogen-bond acceptors (Lipinski definition) is 4. The molecule has 0 saturated carbocycles. The van der Waals surface area contributed by atoms with E-state index >= 15 is 0 Å². The lowest BCUT2D eigenvalue weighted by atomic mass is 9.74. The van der Waals surface area contributed by atoms with Crippen LogP contribution < -0.4 is 0 Å². The average molecular weight is 362 g/mol. The lowest BCUT2D eigenvalue weighted by Gasteiger charge is -2.34. The Balaban J connectivity index is 1.49. The van der Waals surface area contributed by atoms with Crippen LogP contribution in [0.3, 0.4) is 0 Å². The number of carbonyl (C=O) groups is 1. The van der Waals surface area contributed by atoms with Gasteiger partial charge in [-0.2, -0.15) is 5.10 Å². The van der Waals surface area contributed by atoms with E-state index in [4.69, 9.17) is 16.3 Å². The topological polar surface area (TPSA) is 67.6 Å². The van der Waals surface area contributed by atoms with Gasteiger partial charge in [-0.3, -0.25) is 9.69 Å². The second-order valence-electron chi connectivity index (χ2n) is 6.93. The maximum absolute atomic E-state index is 11.9. The van der Waals surface area contributed by atoms with E-state index in [0.717, 1.165) is 17.8 Å². The predicted molar refractivity (Wildman–Crippen MR) is 92.8 cm³/mol. The first-order valence-electron chi connectivity index (χ1n) is 8.40. The van der Waals surface area contributed by atoms with Crippen molar-refractivity contribution in [3.63, 3.8) is 0 Å². The number of aromatic nitrogens is 2. The number of hydrogen-bond donors (Lipinski definition) is 1. The third-order valence-electron chi connectivity index (χ3n) is 5.32. The number of ether oxygens (including phenoxy) is 1. The van der Waals surface area contributed by atoms with Gasteiger partial charge in [0.2, 0.25) is 0 Å². The van der Waals surface area contributed by atoms with Crippen molar-refractivity contribution in [2.75, 3.05) is 26.3 Å². The summed E-state index contributed by atoms with van der Waals surface area (Å²) in [4.78, 5) is 14.1. The van der Waals surface area contributed by atoms with Crippen LogP contribution in [0.25, 0.3) is 5.69 Å². The van der Waals surface area contributed by atoms with Crippen LogP contribution in [0.5, 0.6) is 0 Å². The molecule has 0 spiro atoms. The minimum Gasteiger partial charge on any atom is -0.481 e. The summed E-state index contributed by atoms with van der Waals surface area (Å²) < 4.78 is 7.30. The smallest absolute Gasteiger partial charge is 0.311 e. The van der Waals surface area contributed by atoms with E-state index < -0.39 is 11.4 Å². The van der Waals surface area contributed by atoms with Crippen molar-refractivity contribution in [2.24, 2.45) is 11.3 Å². The van der Waals surface area contributed by atoms with Gasteiger partial charge in [0.15, 0.2) is 0 Å². The fourth-order valence-electron chi connectivity index (χ4n) is 3.98. The zero-order chi connectivity index (χ0) is 17.4. The molecule has 1 aromatic heterocycles. The Hall–Kier alpha value is -1.89. The van der Waals surface area contributed by atoms with E-state index in [9.17, 15) is 9.90 Å². The Kier molecular flexibility index (Phi) is 4.27. The van der Waals surface area contributed by atoms with Crippen molar-refractivity contribution in [1.82, 2.24) is 14.7 Å². The molecule has 6 nitrogen and oxygen atoms in total. The SMILES string of the molecule is O=C(O)[C@]12CCOC[C@H]1CN(Cc1cnn(-c3cccc(Cl)c3)c1)C2. The highest BCUT2D eigenvalue weighted by molar-refractivity contribution is 6.30. The second-order valence-corrected chi connectivity index (χ2v) is 7.36. The molecule has 2 aliphatic heterocycles. The number of carboxylic acid groups (broad SMARTS) is 1. The molecule has 3 heterocycles. The Bertz CT molecular complexity index is 793. The van der Waals surface area contributed by atoms with Gasteiger partial charge >= 0.3 is 5.97 Å². The molecule has 4 rings (SSSR count). The quantitative estimate of drug-likeness (QED) is 0.906. The monoisotopic (exact) mass is 361 g/mol. The highest BCUT2D eigenvalue weighted by Gasteiger charge is 2.53. The van der Waals surface area contributed by atoms with E-state index in [1.165, 1.54) is 0 Å². The number of carboxylic acids is 1. The van der Waals surface area contributed by atoms with Crippen molar-refractivity contribution in [1.29, 1.82) is 0 Å². The molecular formula is C18H20ClN3O3. The predicted octanol–water partition coefficient (Wildman–Crippen LogP) is 2.45. The van der Waals surface area contributed by atoms with Gasteiger partial charge in [-0.05, 0) is 24.6 Å². The molecule has 0 aliphatic carbocycles. The lowest BCUT2D eigenvalue weighted by molar-refractivity contribution is -0.157. The van der Waals surface area contributed by atoms with Gasteiger partial charge in [0.05, 0.1) is 23.9 Å². The normalized spacial score (nSPS) is 26.5. The van der Waals surface area contributed by atoms with Crippen LogP contribution in [0, 0.1) is 11.3 Å². The first-order chi connectivity index (χ1) is 12.1. The number of benzene rings is 1. The number of nitrogens with zero attached hydrogens (tertiary/aromatic N) is 3. The van der Waals surface area contributed by atoms with Gasteiger partial charge in [0.25, 0.3) is 0 Å². The van der Waals surface area contributed by atoms with Crippen molar-refractivity contribution >= 4 is 17.6 Å². The summed E-state index contributed by atoms with van der Waals surface area (Å²) in [6.45, 7) is 3.06. The van der Waals surface area contributed by atoms with Crippen LogP contribution in [-0.2, 0) is 16.1 Å². The molecule has 1 aromatic carbocycles. The van der Waals surface area contributed by atoms with Crippen LogP contribution in [0.1, 0.15) is 12.0 Å². The maximum atomic E-state index is 11.9. The number of rotatable bonds is 4. The highest BCUT2D eigenvalue weighted by Crippen LogP contribution is 2.42. The van der Waals surface area contributed by atoms with Crippen LogP contribution in [-0.4, -0.2) is 52.1 Å². The summed E-state index contributed by atoms with van der Waals surface area (Å²) in [5.74, 6) is -0.639. The zero-order valence-electron chi connectivity index (χ0n) is 13.8. The Morgan fingerprint density at radius 1 is 1.48 bits per heavy atom. The Morgan fingerprint density at radius 3 is 3.12 bits per heavy atom. The molecule has 0 radical (unpaired) electrons. The Morgan fingerprint density at radius 2 is 2.36 bits per heavy atom. The van der Waals surface area contributed by atoms with Crippen molar-refractivity contribution in [3.05, 3.63) is 47.2 Å². The van der Waals surface area contributed by atoms with Crippen LogP contribution >= 0.6 is 11.6 Å². The minimum atomic E-state index is -0.696. The summed E-state index contributed by atoms with van der Waals surface area (Å²) >= 11 is 6.04. The fraction of sp³-hybridized carbons (Fsp3) is 0.444. The third kappa shape index (κ3) is 3.05. The van der Waals surface area contributed by atoms with Crippen molar-refractivity contribution in [2.45, 2.75) is 13.0 Å². The van der Waals surface area contributed by atoms with Crippen molar-refractivity contribution in [3.8, 4) is 5.69 Å². The number of fused-ring (bicyclic) bond motifs is 1. The lowest BCUT2D eigenvalue weighted by Crippen LogP contribution is -2.44. The first-order valence-corrected chi connectivity index (χ1v) is 8.78. The summed E-state index contributed by atoms with van der Waals surface area (Å²) in [5, 5.41) is 14.8. The van der Waals surface area contributed by atoms with Crippen LogP contribution in [0.15, 0.2) is 36.7 Å². The molecule has 2 saturated heterocycles. The molecular weight excluding hydrogens is 342 g/mol. The highest BCUT2D eigenvalue weighted by atomic mass is 35.5. The zero-order valence-corrected chi connectivity index (χ0v) is 14.5. The molecule has 0 bridgehead atoms. The van der Waals surface area contributed by atoms with Crippen LogP contribution in [0.4, 0.5) is 0 Å². The average Bonchev–Trinajstić information content (AvgIpc) is 3.19. The van der Waals surface area contributed by atoms with E-state index in [-0.39, 0.29) is 5.92 Å². The van der Waals surface area contributed by atoms with Gasteiger partial charge in [-0.15, -0.1) is 0 Å². The fourth-order valence-corrected chi connectivity index (χ4v) is 4.17. The maximum Gasteiger partial charge on any atom is 0.311 e. The molecule has 1 N–H and O–H groups in total. The molecule has 0 amide bonds. The van der Waals surface area contributed by atoms with E-state index in [1.807, 2.05) is 36.7 Å². The van der Waals surface area contributed by atoms with E-state index in [2.05, 4.69) is 10.00 Å². The van der Waals surface area contributed by atoms with Crippen LogP contribution in [0.2, 0.25) is 5.02 Å². The molecule has 2 atom stereocenters. The van der Waals surface area contributed by atoms with Gasteiger partial charge in [-0.1, -0.05) is 17.7 Å². The summed E-state index contributed by atoms with van der Waals surface area (Å²) in [6, 6.07) is 7.53. The van der Waals surface area contributed by atoms with Gasteiger partial charge in [-0.25, -0.2) is 4.68 Å². The minimum absolute atomic E-state index is 0.0572. The third-order valence-corrected chi connectivity index (χ3v) is 5.55. The molecule has 2 aliphatic rings. The summed E-state index contributed by atoms with van der Waals surface area (Å²) in [5.41, 5.74) is 1.30. The molecule has 2 fully saturated rings. The molecule has 2 aromatic rings. The largest absolute Gasteiger partial charge is 0.481 e. The molecule has 0 unspecified atom stereocenters.